The summed E-state index contributed by atoms with van der Waals surface area (Å²) in [6, 6.07) is 8.56. The number of anilines is 1. The molecular weight excluding hydrogens is 387 g/mol. The van der Waals surface area contributed by atoms with Gasteiger partial charge in [0.2, 0.25) is 5.95 Å². The predicted octanol–water partition coefficient (Wildman–Crippen LogP) is 3.50. The summed E-state index contributed by atoms with van der Waals surface area (Å²) in [7, 11) is 0. The van der Waals surface area contributed by atoms with Crippen LogP contribution in [-0.2, 0) is 6.18 Å². The molecule has 2 aliphatic heterocycles. The molecule has 0 radical (unpaired) electrons. The van der Waals surface area contributed by atoms with Gasteiger partial charge in [0, 0.05) is 18.6 Å². The number of halogens is 3. The number of benzene rings is 2. The third kappa shape index (κ3) is 3.00. The van der Waals surface area contributed by atoms with Crippen LogP contribution in [0, 0.1) is 0 Å². The number of hydrogen-bond donors (Lipinski definition) is 2. The first-order valence-electron chi connectivity index (χ1n) is 8.99. The highest BCUT2D eigenvalue weighted by molar-refractivity contribution is 5.95. The Labute approximate surface area is 162 Å². The van der Waals surface area contributed by atoms with Crippen LogP contribution in [0.2, 0.25) is 0 Å². The molecule has 2 aromatic carbocycles. The fourth-order valence-electron chi connectivity index (χ4n) is 3.52. The number of nitrogens with one attached hydrogen (secondary N) is 1. The van der Waals surface area contributed by atoms with E-state index in [0.717, 1.165) is 18.6 Å². The molecule has 0 fully saturated rings. The Kier molecular flexibility index (Phi) is 3.83. The fraction of sp³-hybridized carbons (Fsp3) is 0.263. The maximum atomic E-state index is 13.2. The summed E-state index contributed by atoms with van der Waals surface area (Å²) in [4.78, 5) is 8.86. The quantitative estimate of drug-likeness (QED) is 0.650. The van der Waals surface area contributed by atoms with Crippen LogP contribution in [0.5, 0.6) is 11.5 Å². The van der Waals surface area contributed by atoms with Crippen molar-refractivity contribution in [1.29, 1.82) is 0 Å². The molecule has 1 aromatic heterocycles. The van der Waals surface area contributed by atoms with E-state index >= 15 is 0 Å². The van der Waals surface area contributed by atoms with Crippen molar-refractivity contribution in [3.8, 4) is 11.5 Å². The third-order valence-corrected chi connectivity index (χ3v) is 4.82. The minimum absolute atomic E-state index is 0.0734. The van der Waals surface area contributed by atoms with Crippen LogP contribution in [0.15, 0.2) is 41.4 Å². The second-order valence-electron chi connectivity index (χ2n) is 6.78. The summed E-state index contributed by atoms with van der Waals surface area (Å²) in [5.74, 6) is 1.59. The molecule has 7 nitrogen and oxygen atoms in total. The van der Waals surface area contributed by atoms with Crippen LogP contribution >= 0.6 is 0 Å². The van der Waals surface area contributed by atoms with E-state index in [4.69, 9.17) is 15.2 Å². The van der Waals surface area contributed by atoms with Crippen molar-refractivity contribution in [3.63, 3.8) is 0 Å². The van der Waals surface area contributed by atoms with E-state index in [9.17, 15) is 13.2 Å². The minimum Gasteiger partial charge on any atom is -0.489 e. The maximum Gasteiger partial charge on any atom is 0.416 e. The first kappa shape index (κ1) is 17.7. The lowest BCUT2D eigenvalue weighted by Gasteiger charge is -2.24. The summed E-state index contributed by atoms with van der Waals surface area (Å²) in [6.45, 7) is 1.05. The molecular formula is C19H16F3N5O2. The number of nitrogens with two attached hydrogens (primary N) is 1. The zero-order valence-electron chi connectivity index (χ0n) is 15.0. The van der Waals surface area contributed by atoms with Crippen molar-refractivity contribution in [2.75, 3.05) is 18.5 Å². The molecule has 0 saturated heterocycles. The number of nitrogens with zero attached hydrogens (tertiary/aromatic N) is 3. The average molecular weight is 403 g/mol. The number of aliphatic imine (C=N–C) groups is 1. The zero-order chi connectivity index (χ0) is 20.2. The van der Waals surface area contributed by atoms with Crippen molar-refractivity contribution in [3.05, 3.63) is 47.5 Å². The fourth-order valence-corrected chi connectivity index (χ4v) is 3.52. The van der Waals surface area contributed by atoms with Crippen LogP contribution in [0.25, 0.3) is 11.0 Å². The van der Waals surface area contributed by atoms with E-state index in [1.54, 1.807) is 22.8 Å². The Bertz CT molecular complexity index is 1140. The topological polar surface area (TPSA) is 86.7 Å². The van der Waals surface area contributed by atoms with Gasteiger partial charge in [-0.3, -0.25) is 9.88 Å². The molecule has 3 N–H and O–H groups in total. The summed E-state index contributed by atoms with van der Waals surface area (Å²) in [6.07, 6.45) is -4.50. The second kappa shape index (κ2) is 6.29. The summed E-state index contributed by atoms with van der Waals surface area (Å²) in [5, 5.41) is 2.87. The van der Waals surface area contributed by atoms with Gasteiger partial charge in [0.25, 0.3) is 0 Å². The number of imidazole rings is 1. The summed E-state index contributed by atoms with van der Waals surface area (Å²) < 4.78 is 52.8. The number of aromatic nitrogens is 2. The molecule has 29 heavy (non-hydrogen) atoms. The van der Waals surface area contributed by atoms with Gasteiger partial charge in [0.1, 0.15) is 0 Å². The molecule has 0 bridgehead atoms. The van der Waals surface area contributed by atoms with Gasteiger partial charge >= 0.3 is 6.18 Å². The third-order valence-electron chi connectivity index (χ3n) is 4.82. The van der Waals surface area contributed by atoms with Crippen molar-refractivity contribution >= 4 is 22.9 Å². The molecule has 1 unspecified atom stereocenters. The molecule has 0 amide bonds. The molecule has 0 saturated carbocycles. The normalized spacial score (nSPS) is 18.6. The second-order valence-corrected chi connectivity index (χ2v) is 6.78. The first-order chi connectivity index (χ1) is 13.9. The number of rotatable bonds is 1. The molecule has 3 heterocycles. The Morgan fingerprint density at radius 2 is 1.86 bits per heavy atom. The van der Waals surface area contributed by atoms with Gasteiger partial charge in [-0.25, -0.2) is 9.98 Å². The number of hydrogen-bond acceptors (Lipinski definition) is 6. The smallest absolute Gasteiger partial charge is 0.416 e. The Morgan fingerprint density at radius 1 is 1.10 bits per heavy atom. The standard InChI is InChI=1S/C19H16F3N5O2/c20-19(21,22)11-4-1-3-10(7-11)16-25-17(23)26-18-24-12-8-14-15(9-13(12)27(16)18)29-6-2-5-28-14/h1,3-4,7-9,16H,2,5-6H2,(H3,23,24,25,26). The van der Waals surface area contributed by atoms with E-state index in [1.165, 1.54) is 6.07 Å². The van der Waals surface area contributed by atoms with Gasteiger partial charge in [-0.2, -0.15) is 13.2 Å². The molecule has 1 atom stereocenters. The average Bonchev–Trinajstić information content (AvgIpc) is 2.86. The van der Waals surface area contributed by atoms with Gasteiger partial charge in [-0.15, -0.1) is 0 Å². The summed E-state index contributed by atoms with van der Waals surface area (Å²) in [5.41, 5.74) is 6.72. The van der Waals surface area contributed by atoms with Crippen LogP contribution in [0.4, 0.5) is 19.1 Å². The SMILES string of the molecule is NC1=NC(c2cccc(C(F)(F)F)c2)n2c(nc3cc4c(cc32)OCCCO4)N1. The lowest BCUT2D eigenvalue weighted by atomic mass is 10.1. The van der Waals surface area contributed by atoms with Crippen LogP contribution in [-0.4, -0.2) is 28.7 Å². The molecule has 3 aromatic rings. The van der Waals surface area contributed by atoms with Gasteiger partial charge in [0.15, 0.2) is 23.6 Å². The molecule has 2 aliphatic rings. The van der Waals surface area contributed by atoms with E-state index in [2.05, 4.69) is 15.3 Å². The Hall–Kier alpha value is -3.43. The molecule has 0 spiro atoms. The van der Waals surface area contributed by atoms with Crippen LogP contribution in [0.3, 0.4) is 0 Å². The Balaban J connectivity index is 1.68. The summed E-state index contributed by atoms with van der Waals surface area (Å²) >= 11 is 0. The first-order valence-corrected chi connectivity index (χ1v) is 8.99. The molecule has 150 valence electrons. The van der Waals surface area contributed by atoms with Crippen molar-refractivity contribution < 1.29 is 22.6 Å². The van der Waals surface area contributed by atoms with Crippen molar-refractivity contribution in [1.82, 2.24) is 9.55 Å². The van der Waals surface area contributed by atoms with Gasteiger partial charge in [0.05, 0.1) is 29.8 Å². The van der Waals surface area contributed by atoms with Crippen molar-refractivity contribution in [2.45, 2.75) is 18.8 Å². The number of alkyl halides is 3. The number of fused-ring (bicyclic) bond motifs is 4. The van der Waals surface area contributed by atoms with E-state index in [-0.39, 0.29) is 5.96 Å². The predicted molar refractivity (Wildman–Crippen MR) is 100 cm³/mol. The lowest BCUT2D eigenvalue weighted by molar-refractivity contribution is -0.137. The minimum atomic E-state index is -4.46. The number of guanidine groups is 1. The lowest BCUT2D eigenvalue weighted by Crippen LogP contribution is -2.31. The van der Waals surface area contributed by atoms with Gasteiger partial charge in [-0.1, -0.05) is 12.1 Å². The van der Waals surface area contributed by atoms with E-state index in [0.29, 0.717) is 47.3 Å². The molecule has 5 rings (SSSR count). The highest BCUT2D eigenvalue weighted by Gasteiger charge is 2.32. The molecule has 10 heteroatoms. The zero-order valence-corrected chi connectivity index (χ0v) is 15.0. The Morgan fingerprint density at radius 3 is 2.62 bits per heavy atom. The van der Waals surface area contributed by atoms with E-state index < -0.39 is 17.9 Å². The monoisotopic (exact) mass is 403 g/mol. The van der Waals surface area contributed by atoms with Crippen molar-refractivity contribution in [2.24, 2.45) is 10.7 Å². The van der Waals surface area contributed by atoms with Crippen LogP contribution < -0.4 is 20.5 Å². The van der Waals surface area contributed by atoms with E-state index in [1.807, 2.05) is 0 Å². The maximum absolute atomic E-state index is 13.2. The highest BCUT2D eigenvalue weighted by Crippen LogP contribution is 2.40. The highest BCUT2D eigenvalue weighted by atomic mass is 19.4. The van der Waals surface area contributed by atoms with Gasteiger partial charge < -0.3 is 15.2 Å². The largest absolute Gasteiger partial charge is 0.489 e. The molecule has 0 aliphatic carbocycles. The van der Waals surface area contributed by atoms with Gasteiger partial charge in [-0.05, 0) is 17.7 Å². The van der Waals surface area contributed by atoms with Crippen LogP contribution in [0.1, 0.15) is 23.7 Å². The number of ether oxygens (including phenoxy) is 2.